The first-order valence-electron chi connectivity index (χ1n) is 10.6. The van der Waals surface area contributed by atoms with Gasteiger partial charge in [-0.15, -0.1) is 0 Å². The second-order valence-corrected chi connectivity index (χ2v) is 11.1. The maximum atomic E-state index is 13.7. The van der Waals surface area contributed by atoms with Crippen molar-refractivity contribution in [3.8, 4) is 0 Å². The molecule has 2 fully saturated rings. The maximum absolute atomic E-state index is 13.7. The van der Waals surface area contributed by atoms with Crippen LogP contribution in [0.4, 0.5) is 0 Å². The quantitative estimate of drug-likeness (QED) is 0.616. The highest BCUT2D eigenvalue weighted by atomic mass is 35.5. The normalized spacial score (nSPS) is 22.1. The summed E-state index contributed by atoms with van der Waals surface area (Å²) in [4.78, 5) is 33.5. The molecule has 2 atom stereocenters. The van der Waals surface area contributed by atoms with Crippen LogP contribution in [0.3, 0.4) is 0 Å². The summed E-state index contributed by atoms with van der Waals surface area (Å²) in [6.07, 6.45) is 2.65. The number of sulfonamides is 1. The summed E-state index contributed by atoms with van der Waals surface area (Å²) >= 11 is 12.2. The maximum Gasteiger partial charge on any atom is 0.246 e. The van der Waals surface area contributed by atoms with E-state index in [1.54, 1.807) is 23.4 Å². The van der Waals surface area contributed by atoms with Gasteiger partial charge in [0, 0.05) is 42.8 Å². The number of piperazine rings is 1. The van der Waals surface area contributed by atoms with Crippen molar-refractivity contribution in [3.05, 3.63) is 58.3 Å². The Kier molecular flexibility index (Phi) is 6.68. The topological polar surface area (TPSA) is 90.9 Å². The van der Waals surface area contributed by atoms with Gasteiger partial charge in [0.05, 0.1) is 11.6 Å². The molecule has 2 aliphatic heterocycles. The van der Waals surface area contributed by atoms with E-state index < -0.39 is 22.2 Å². The summed E-state index contributed by atoms with van der Waals surface area (Å²) in [6.45, 7) is 3.82. The lowest BCUT2D eigenvalue weighted by atomic mass is 9.98. The first-order valence-corrected chi connectivity index (χ1v) is 12.8. The van der Waals surface area contributed by atoms with Gasteiger partial charge in [-0.1, -0.05) is 29.3 Å². The summed E-state index contributed by atoms with van der Waals surface area (Å²) in [7, 11) is -4.07. The van der Waals surface area contributed by atoms with Crippen LogP contribution < -0.4 is 0 Å². The summed E-state index contributed by atoms with van der Waals surface area (Å²) in [5.74, 6) is -0.457. The second-order valence-electron chi connectivity index (χ2n) is 8.39. The van der Waals surface area contributed by atoms with Crippen LogP contribution in [0.15, 0.2) is 47.6 Å². The molecule has 0 bridgehead atoms. The summed E-state index contributed by atoms with van der Waals surface area (Å²) in [6, 6.07) is 6.79. The Bertz CT molecular complexity index is 1180. The average Bonchev–Trinajstić information content (AvgIpc) is 2.75. The van der Waals surface area contributed by atoms with E-state index in [1.165, 1.54) is 27.4 Å². The van der Waals surface area contributed by atoms with Crippen LogP contribution in [-0.4, -0.2) is 70.7 Å². The molecule has 33 heavy (non-hydrogen) atoms. The lowest BCUT2D eigenvalue weighted by molar-refractivity contribution is -0.166. The number of nitrogens with zero attached hydrogens (tertiary/aromatic N) is 4. The Morgan fingerprint density at radius 2 is 1.94 bits per heavy atom. The number of halogens is 2. The molecule has 2 aromatic rings. The fourth-order valence-electron chi connectivity index (χ4n) is 4.41. The Hall–Kier alpha value is -2.20. The van der Waals surface area contributed by atoms with Gasteiger partial charge in [-0.2, -0.15) is 4.31 Å². The van der Waals surface area contributed by atoms with Crippen LogP contribution in [-0.2, 0) is 26.0 Å². The molecule has 176 valence electrons. The lowest BCUT2D eigenvalue weighted by Crippen LogP contribution is -2.72. The molecule has 8 nitrogen and oxygen atoms in total. The minimum atomic E-state index is -4.07. The number of aromatic nitrogens is 1. The van der Waals surface area contributed by atoms with Crippen LogP contribution in [0.5, 0.6) is 0 Å². The third kappa shape index (κ3) is 4.47. The minimum Gasteiger partial charge on any atom is -0.335 e. The molecule has 0 spiro atoms. The Labute approximate surface area is 203 Å². The van der Waals surface area contributed by atoms with Gasteiger partial charge in [-0.3, -0.25) is 14.6 Å². The number of carbonyl (C=O) groups excluding carboxylic acids is 2. The van der Waals surface area contributed by atoms with E-state index in [2.05, 4.69) is 4.98 Å². The second kappa shape index (κ2) is 9.21. The van der Waals surface area contributed by atoms with E-state index in [9.17, 15) is 18.0 Å². The molecule has 2 saturated heterocycles. The van der Waals surface area contributed by atoms with E-state index in [0.717, 1.165) is 5.56 Å². The van der Waals surface area contributed by atoms with Crippen LogP contribution in [0.25, 0.3) is 0 Å². The third-order valence-electron chi connectivity index (χ3n) is 6.01. The van der Waals surface area contributed by atoms with Gasteiger partial charge < -0.3 is 9.80 Å². The number of hydrogen-bond acceptors (Lipinski definition) is 5. The molecular formula is C22H24Cl2N4O4S. The molecule has 0 N–H and O–H groups in total. The van der Waals surface area contributed by atoms with Crippen molar-refractivity contribution in [3.63, 3.8) is 0 Å². The molecular weight excluding hydrogens is 487 g/mol. The number of carbonyl (C=O) groups is 2. The fraction of sp³-hybridized carbons (Fsp3) is 0.409. The van der Waals surface area contributed by atoms with Crippen molar-refractivity contribution >= 4 is 45.0 Å². The smallest absolute Gasteiger partial charge is 0.246 e. The van der Waals surface area contributed by atoms with Crippen molar-refractivity contribution in [1.29, 1.82) is 0 Å². The van der Waals surface area contributed by atoms with Gasteiger partial charge in [0.1, 0.15) is 17.1 Å². The first kappa shape index (κ1) is 23.9. The van der Waals surface area contributed by atoms with E-state index in [-0.39, 0.29) is 53.7 Å². The molecule has 4 rings (SSSR count). The van der Waals surface area contributed by atoms with Gasteiger partial charge in [0.2, 0.25) is 21.8 Å². The van der Waals surface area contributed by atoms with Crippen molar-refractivity contribution in [2.75, 3.05) is 13.1 Å². The molecule has 0 radical (unpaired) electrons. The number of rotatable bonds is 5. The Morgan fingerprint density at radius 3 is 2.58 bits per heavy atom. The van der Waals surface area contributed by atoms with Gasteiger partial charge in [0.15, 0.2) is 0 Å². The highest BCUT2D eigenvalue weighted by molar-refractivity contribution is 7.89. The predicted molar refractivity (Wildman–Crippen MR) is 124 cm³/mol. The van der Waals surface area contributed by atoms with Gasteiger partial charge in [-0.05, 0) is 43.7 Å². The predicted octanol–water partition coefficient (Wildman–Crippen LogP) is 2.80. The molecule has 2 aliphatic rings. The van der Waals surface area contributed by atoms with Crippen molar-refractivity contribution in [2.24, 2.45) is 0 Å². The third-order valence-corrected chi connectivity index (χ3v) is 8.62. The first-order chi connectivity index (χ1) is 15.6. The molecule has 1 aromatic heterocycles. The number of benzene rings is 1. The summed E-state index contributed by atoms with van der Waals surface area (Å²) < 4.78 is 28.6. The molecule has 3 heterocycles. The molecule has 2 unspecified atom stereocenters. The van der Waals surface area contributed by atoms with E-state index >= 15 is 0 Å². The van der Waals surface area contributed by atoms with Gasteiger partial charge >= 0.3 is 0 Å². The number of amides is 2. The number of pyridine rings is 1. The van der Waals surface area contributed by atoms with E-state index in [4.69, 9.17) is 23.2 Å². The van der Waals surface area contributed by atoms with Crippen molar-refractivity contribution in [1.82, 2.24) is 19.1 Å². The average molecular weight is 511 g/mol. The van der Waals surface area contributed by atoms with Gasteiger partial charge in [-0.25, -0.2) is 8.42 Å². The SMILES string of the molecule is CC(C)N1CC2N(C(=O)CCN2S(=O)(=O)c2ccc(Cl)cc2Cl)C(Cc2cccnc2)C1=O. The highest BCUT2D eigenvalue weighted by Crippen LogP contribution is 2.34. The standard InChI is InChI=1S/C22H24Cl2N4O4S/c1-14(2)26-13-20-27(33(31,32)19-6-5-16(23)11-17(19)24)9-7-21(29)28(20)18(22(26)30)10-15-4-3-8-25-12-15/h3-6,8,11-12,14,18,20H,7,9-10,13H2,1-2H3. The van der Waals surface area contributed by atoms with E-state index in [0.29, 0.717) is 5.02 Å². The molecule has 0 aliphatic carbocycles. The molecule has 11 heteroatoms. The van der Waals surface area contributed by atoms with Crippen molar-refractivity contribution in [2.45, 2.75) is 49.8 Å². The van der Waals surface area contributed by atoms with Crippen LogP contribution in [0.2, 0.25) is 10.0 Å². The highest BCUT2D eigenvalue weighted by Gasteiger charge is 2.51. The zero-order chi connectivity index (χ0) is 23.9. The molecule has 1 aromatic carbocycles. The van der Waals surface area contributed by atoms with Gasteiger partial charge in [0.25, 0.3) is 0 Å². The zero-order valence-corrected chi connectivity index (χ0v) is 20.5. The zero-order valence-electron chi connectivity index (χ0n) is 18.2. The summed E-state index contributed by atoms with van der Waals surface area (Å²) in [5.41, 5.74) is 0.786. The monoisotopic (exact) mass is 510 g/mol. The number of fused-ring (bicyclic) bond motifs is 1. The van der Waals surface area contributed by atoms with E-state index in [1.807, 2.05) is 19.9 Å². The Morgan fingerprint density at radius 1 is 1.18 bits per heavy atom. The van der Waals surface area contributed by atoms with Crippen LogP contribution >= 0.6 is 23.2 Å². The van der Waals surface area contributed by atoms with Crippen LogP contribution in [0, 0.1) is 0 Å². The number of hydrogen-bond donors (Lipinski definition) is 0. The molecule has 0 saturated carbocycles. The minimum absolute atomic E-state index is 0.00102. The van der Waals surface area contributed by atoms with Crippen molar-refractivity contribution < 1.29 is 18.0 Å². The summed E-state index contributed by atoms with van der Waals surface area (Å²) in [5, 5.41) is 0.325. The fourth-order valence-corrected chi connectivity index (χ4v) is 6.73. The Balaban J connectivity index is 1.77. The lowest BCUT2D eigenvalue weighted by Gasteiger charge is -2.52. The molecule has 2 amide bonds. The largest absolute Gasteiger partial charge is 0.335 e. The van der Waals surface area contributed by atoms with Crippen LogP contribution in [0.1, 0.15) is 25.8 Å².